The maximum atomic E-state index is 12.1. The maximum Gasteiger partial charge on any atom is 0.271 e. The van der Waals surface area contributed by atoms with E-state index in [0.29, 0.717) is 12.2 Å². The van der Waals surface area contributed by atoms with Crippen LogP contribution in [0.15, 0.2) is 24.3 Å². The first-order chi connectivity index (χ1) is 11.0. The number of methoxy groups -OCH3 is 1. The predicted octanol–water partition coefficient (Wildman–Crippen LogP) is 2.52. The van der Waals surface area contributed by atoms with Gasteiger partial charge in [-0.3, -0.25) is 4.79 Å². The van der Waals surface area contributed by atoms with E-state index in [1.165, 1.54) is 5.56 Å². The van der Waals surface area contributed by atoms with Crippen LogP contribution in [0.1, 0.15) is 41.4 Å². The zero-order valence-electron chi connectivity index (χ0n) is 13.9. The molecule has 1 aliphatic heterocycles. The van der Waals surface area contributed by atoms with E-state index in [1.54, 1.807) is 7.11 Å². The second kappa shape index (κ2) is 6.07. The van der Waals surface area contributed by atoms with Crippen LogP contribution in [-0.2, 0) is 19.3 Å². The Hall–Kier alpha value is -2.30. The summed E-state index contributed by atoms with van der Waals surface area (Å²) >= 11 is 0. The molecule has 1 aromatic carbocycles. The molecular formula is C18H23N3O2. The van der Waals surface area contributed by atoms with Crippen molar-refractivity contribution in [3.05, 3.63) is 47.0 Å². The van der Waals surface area contributed by atoms with Gasteiger partial charge in [0.25, 0.3) is 5.91 Å². The molecular weight excluding hydrogens is 290 g/mol. The monoisotopic (exact) mass is 313 g/mol. The summed E-state index contributed by atoms with van der Waals surface area (Å²) < 4.78 is 5.17. The van der Waals surface area contributed by atoms with Crippen LogP contribution in [0.3, 0.4) is 0 Å². The number of nitrogens with one attached hydrogen (secondary N) is 2. The number of benzene rings is 1. The first-order valence-corrected chi connectivity index (χ1v) is 7.96. The topological polar surface area (TPSA) is 67.0 Å². The van der Waals surface area contributed by atoms with E-state index in [1.807, 2.05) is 12.1 Å². The second-order valence-electron chi connectivity index (χ2n) is 6.88. The van der Waals surface area contributed by atoms with Crippen LogP contribution < -0.4 is 10.1 Å². The van der Waals surface area contributed by atoms with Gasteiger partial charge in [0.1, 0.15) is 17.3 Å². The summed E-state index contributed by atoms with van der Waals surface area (Å²) in [6.07, 6.45) is 2.49. The van der Waals surface area contributed by atoms with Gasteiger partial charge in [-0.25, -0.2) is 4.98 Å². The van der Waals surface area contributed by atoms with Crippen molar-refractivity contribution in [3.63, 3.8) is 0 Å². The third-order valence-electron chi connectivity index (χ3n) is 4.24. The minimum absolute atomic E-state index is 0.0424. The number of nitrogens with zero attached hydrogens (tertiary/aromatic N) is 1. The number of aryl methyl sites for hydroxylation is 2. The van der Waals surface area contributed by atoms with Gasteiger partial charge in [-0.15, -0.1) is 0 Å². The Labute approximate surface area is 136 Å². The average Bonchev–Trinajstić information content (AvgIpc) is 2.89. The van der Waals surface area contributed by atoms with Gasteiger partial charge in [0.05, 0.1) is 7.11 Å². The van der Waals surface area contributed by atoms with Gasteiger partial charge in [0.2, 0.25) is 0 Å². The van der Waals surface area contributed by atoms with E-state index in [4.69, 9.17) is 4.74 Å². The molecule has 0 radical (unpaired) electrons. The van der Waals surface area contributed by atoms with Crippen molar-refractivity contribution in [2.45, 2.75) is 33.1 Å². The van der Waals surface area contributed by atoms with Crippen LogP contribution >= 0.6 is 0 Å². The van der Waals surface area contributed by atoms with Crippen LogP contribution in [-0.4, -0.2) is 29.5 Å². The fourth-order valence-electron chi connectivity index (χ4n) is 2.90. The Kier molecular flexibility index (Phi) is 4.11. The van der Waals surface area contributed by atoms with Crippen LogP contribution in [0.5, 0.6) is 5.75 Å². The first kappa shape index (κ1) is 15.6. The molecule has 2 aromatic rings. The van der Waals surface area contributed by atoms with Crippen LogP contribution in [0, 0.1) is 5.41 Å². The zero-order valence-corrected chi connectivity index (χ0v) is 13.9. The fraction of sp³-hybridized carbons (Fsp3) is 0.444. The van der Waals surface area contributed by atoms with Crippen LogP contribution in [0.25, 0.3) is 0 Å². The molecule has 2 heterocycles. The van der Waals surface area contributed by atoms with E-state index in [9.17, 15) is 4.79 Å². The number of amides is 1. The molecule has 0 saturated carbocycles. The third-order valence-corrected chi connectivity index (χ3v) is 4.24. The summed E-state index contributed by atoms with van der Waals surface area (Å²) in [5.74, 6) is 1.66. The Morgan fingerprint density at radius 3 is 2.65 bits per heavy atom. The van der Waals surface area contributed by atoms with E-state index >= 15 is 0 Å². The van der Waals surface area contributed by atoms with E-state index in [0.717, 1.165) is 36.5 Å². The smallest absolute Gasteiger partial charge is 0.271 e. The van der Waals surface area contributed by atoms with Crippen molar-refractivity contribution in [2.75, 3.05) is 13.7 Å². The molecule has 0 unspecified atom stereocenters. The lowest BCUT2D eigenvalue weighted by atomic mass is 9.88. The molecule has 0 atom stereocenters. The molecule has 5 nitrogen and oxygen atoms in total. The summed E-state index contributed by atoms with van der Waals surface area (Å²) in [7, 11) is 1.66. The van der Waals surface area contributed by atoms with Crippen molar-refractivity contribution in [2.24, 2.45) is 5.41 Å². The van der Waals surface area contributed by atoms with Crippen LogP contribution in [0.4, 0.5) is 0 Å². The Morgan fingerprint density at radius 2 is 1.96 bits per heavy atom. The largest absolute Gasteiger partial charge is 0.497 e. The maximum absolute atomic E-state index is 12.1. The van der Waals surface area contributed by atoms with Crippen molar-refractivity contribution >= 4 is 5.91 Å². The molecule has 23 heavy (non-hydrogen) atoms. The minimum Gasteiger partial charge on any atom is -0.497 e. The first-order valence-electron chi connectivity index (χ1n) is 7.96. The number of fused-ring (bicyclic) bond motifs is 1. The van der Waals surface area contributed by atoms with Gasteiger partial charge in [0.15, 0.2) is 0 Å². The third kappa shape index (κ3) is 3.55. The minimum atomic E-state index is -0.0717. The van der Waals surface area contributed by atoms with Crippen LogP contribution in [0.2, 0.25) is 0 Å². The molecule has 0 saturated heterocycles. The molecule has 0 spiro atoms. The number of hydrogen-bond acceptors (Lipinski definition) is 3. The number of ether oxygens (including phenoxy) is 1. The van der Waals surface area contributed by atoms with Crippen molar-refractivity contribution in [1.82, 2.24) is 15.3 Å². The number of carbonyl (C=O) groups excluding carboxylic acids is 1. The SMILES string of the molecule is COc1ccc(CCc2nc3c([nH]2)CC(C)(C)CNC3=O)cc1. The average molecular weight is 313 g/mol. The highest BCUT2D eigenvalue weighted by atomic mass is 16.5. The second-order valence-corrected chi connectivity index (χ2v) is 6.88. The molecule has 3 rings (SSSR count). The highest BCUT2D eigenvalue weighted by Gasteiger charge is 2.29. The summed E-state index contributed by atoms with van der Waals surface area (Å²) in [5.41, 5.74) is 2.78. The quantitative estimate of drug-likeness (QED) is 0.911. The van der Waals surface area contributed by atoms with Crippen molar-refractivity contribution in [3.8, 4) is 5.75 Å². The number of hydrogen-bond donors (Lipinski definition) is 2. The number of rotatable bonds is 4. The van der Waals surface area contributed by atoms with E-state index in [2.05, 4.69) is 41.3 Å². The molecule has 0 fully saturated rings. The highest BCUT2D eigenvalue weighted by Crippen LogP contribution is 2.25. The molecule has 1 amide bonds. The predicted molar refractivity (Wildman–Crippen MR) is 88.8 cm³/mol. The lowest BCUT2D eigenvalue weighted by Gasteiger charge is -2.21. The molecule has 5 heteroatoms. The van der Waals surface area contributed by atoms with E-state index in [-0.39, 0.29) is 11.3 Å². The van der Waals surface area contributed by atoms with Gasteiger partial charge < -0.3 is 15.0 Å². The van der Waals surface area contributed by atoms with Gasteiger partial charge in [-0.2, -0.15) is 0 Å². The lowest BCUT2D eigenvalue weighted by molar-refractivity contribution is 0.0940. The standard InChI is InChI=1S/C18H23N3O2/c1-18(2)10-14-16(17(22)19-11-18)21-15(20-14)9-6-12-4-7-13(23-3)8-5-12/h4-5,7-8H,6,9-11H2,1-3H3,(H,19,22)(H,20,21). The molecule has 0 aliphatic carbocycles. The number of H-pyrrole nitrogens is 1. The van der Waals surface area contributed by atoms with E-state index < -0.39 is 0 Å². The Bertz CT molecular complexity index is 702. The molecule has 1 aliphatic rings. The number of carbonyl (C=O) groups is 1. The van der Waals surface area contributed by atoms with Crippen molar-refractivity contribution < 1.29 is 9.53 Å². The summed E-state index contributed by atoms with van der Waals surface area (Å²) in [6, 6.07) is 8.04. The Morgan fingerprint density at radius 1 is 1.22 bits per heavy atom. The van der Waals surface area contributed by atoms with Gasteiger partial charge >= 0.3 is 0 Å². The molecule has 122 valence electrons. The van der Waals surface area contributed by atoms with Gasteiger partial charge in [-0.05, 0) is 36.0 Å². The summed E-state index contributed by atoms with van der Waals surface area (Å²) in [6.45, 7) is 4.98. The summed E-state index contributed by atoms with van der Waals surface area (Å²) in [4.78, 5) is 20.0. The molecule has 1 aromatic heterocycles. The lowest BCUT2D eigenvalue weighted by Crippen LogP contribution is -2.32. The van der Waals surface area contributed by atoms with Gasteiger partial charge in [-0.1, -0.05) is 26.0 Å². The highest BCUT2D eigenvalue weighted by molar-refractivity contribution is 5.93. The fourth-order valence-corrected chi connectivity index (χ4v) is 2.90. The van der Waals surface area contributed by atoms with Gasteiger partial charge in [0, 0.05) is 18.7 Å². The number of aromatic amines is 1. The summed E-state index contributed by atoms with van der Waals surface area (Å²) in [5, 5.41) is 2.96. The zero-order chi connectivity index (χ0) is 16.4. The molecule has 0 bridgehead atoms. The Balaban J connectivity index is 1.72. The van der Waals surface area contributed by atoms with Crippen molar-refractivity contribution in [1.29, 1.82) is 0 Å². The number of aromatic nitrogens is 2. The number of imidazole rings is 1. The normalized spacial score (nSPS) is 16.4. The molecule has 2 N–H and O–H groups in total.